The first-order valence-corrected chi connectivity index (χ1v) is 6.77. The average Bonchev–Trinajstić information content (AvgIpc) is 2.42. The summed E-state index contributed by atoms with van der Waals surface area (Å²) in [5.41, 5.74) is 0.705. The Morgan fingerprint density at radius 2 is 1.90 bits per heavy atom. The number of aliphatic hydroxyl groups is 1. The van der Waals surface area contributed by atoms with Crippen molar-refractivity contribution in [2.24, 2.45) is 5.41 Å². The van der Waals surface area contributed by atoms with E-state index in [0.29, 0.717) is 24.5 Å². The summed E-state index contributed by atoms with van der Waals surface area (Å²) in [5.74, 6) is 0. The van der Waals surface area contributed by atoms with Gasteiger partial charge in [-0.15, -0.1) is 0 Å². The van der Waals surface area contributed by atoms with Gasteiger partial charge in [0.15, 0.2) is 0 Å². The average molecular weight is 281 g/mol. The van der Waals surface area contributed by atoms with E-state index in [-0.39, 0.29) is 22.6 Å². The zero-order valence-corrected chi connectivity index (χ0v) is 12.3. The van der Waals surface area contributed by atoms with Crippen LogP contribution in [0.3, 0.4) is 0 Å². The molecule has 0 amide bonds. The Hall–Kier alpha value is -1.82. The number of hydrogen-bond acceptors (Lipinski definition) is 5. The van der Waals surface area contributed by atoms with Gasteiger partial charge in [-0.25, -0.2) is 0 Å². The van der Waals surface area contributed by atoms with Gasteiger partial charge in [-0.2, -0.15) is 0 Å². The lowest BCUT2D eigenvalue weighted by atomic mass is 9.95. The van der Waals surface area contributed by atoms with Gasteiger partial charge in [0, 0.05) is 25.1 Å². The topological polar surface area (TPSA) is 87.4 Å². The molecule has 0 aliphatic rings. The summed E-state index contributed by atoms with van der Waals surface area (Å²) in [6.45, 7) is 6.95. The Morgan fingerprint density at radius 1 is 1.30 bits per heavy atom. The van der Waals surface area contributed by atoms with Crippen LogP contribution in [0.2, 0.25) is 0 Å². The van der Waals surface area contributed by atoms with E-state index in [1.165, 1.54) is 0 Å². The minimum absolute atomic E-state index is 0.0154. The summed E-state index contributed by atoms with van der Waals surface area (Å²) in [5, 5.41) is 26.6. The normalized spacial score (nSPS) is 11.2. The molecule has 1 aromatic carbocycles. The monoisotopic (exact) mass is 281 g/mol. The molecule has 0 aliphatic heterocycles. The number of nitro groups is 1. The van der Waals surface area contributed by atoms with E-state index in [9.17, 15) is 15.2 Å². The maximum Gasteiger partial charge on any atom is 0.315 e. The molecule has 0 saturated carbocycles. The zero-order valence-electron chi connectivity index (χ0n) is 12.3. The van der Waals surface area contributed by atoms with E-state index in [2.05, 4.69) is 10.6 Å². The molecule has 0 saturated heterocycles. The summed E-state index contributed by atoms with van der Waals surface area (Å²) >= 11 is 0. The number of para-hydroxylation sites is 1. The highest BCUT2D eigenvalue weighted by Crippen LogP contribution is 2.33. The fourth-order valence-electron chi connectivity index (χ4n) is 1.68. The third-order valence-corrected chi connectivity index (χ3v) is 2.97. The van der Waals surface area contributed by atoms with E-state index < -0.39 is 0 Å². The molecular weight excluding hydrogens is 258 g/mol. The molecule has 0 atom stereocenters. The molecule has 0 aliphatic carbocycles. The molecule has 0 bridgehead atoms. The Balaban J connectivity index is 2.97. The molecule has 0 aromatic heterocycles. The highest BCUT2D eigenvalue weighted by molar-refractivity contribution is 5.76. The number of nitro benzene ring substituents is 1. The highest BCUT2D eigenvalue weighted by atomic mass is 16.6. The molecule has 6 nitrogen and oxygen atoms in total. The lowest BCUT2D eigenvalue weighted by Gasteiger charge is -2.22. The highest BCUT2D eigenvalue weighted by Gasteiger charge is 2.22. The second kappa shape index (κ2) is 7.09. The largest absolute Gasteiger partial charge is 0.396 e. The molecule has 6 heteroatoms. The molecule has 0 heterocycles. The van der Waals surface area contributed by atoms with Crippen molar-refractivity contribution >= 4 is 17.1 Å². The Bertz CT molecular complexity index is 461. The van der Waals surface area contributed by atoms with Crippen molar-refractivity contribution in [2.45, 2.75) is 27.2 Å². The second-order valence-corrected chi connectivity index (χ2v) is 5.56. The van der Waals surface area contributed by atoms with Crippen molar-refractivity contribution in [2.75, 3.05) is 30.3 Å². The van der Waals surface area contributed by atoms with E-state index in [1.807, 2.05) is 20.8 Å². The van der Waals surface area contributed by atoms with Crippen LogP contribution >= 0.6 is 0 Å². The smallest absolute Gasteiger partial charge is 0.315 e. The molecular formula is C14H23N3O3. The van der Waals surface area contributed by atoms with Crippen LogP contribution in [0, 0.1) is 15.5 Å². The number of nitrogens with one attached hydrogen (secondary N) is 2. The van der Waals surface area contributed by atoms with E-state index in [0.717, 1.165) is 6.42 Å². The second-order valence-electron chi connectivity index (χ2n) is 5.56. The van der Waals surface area contributed by atoms with Crippen molar-refractivity contribution in [3.8, 4) is 0 Å². The fourth-order valence-corrected chi connectivity index (χ4v) is 1.68. The van der Waals surface area contributed by atoms with Gasteiger partial charge in [-0.3, -0.25) is 10.1 Å². The predicted molar refractivity (Wildman–Crippen MR) is 81.2 cm³/mol. The maximum absolute atomic E-state index is 11.3. The van der Waals surface area contributed by atoms with Crippen molar-refractivity contribution in [1.29, 1.82) is 0 Å². The molecule has 0 radical (unpaired) electrons. The molecule has 0 unspecified atom stereocenters. The molecule has 0 fully saturated rings. The maximum atomic E-state index is 11.3. The standard InChI is InChI=1S/C14H23N3O3/c1-4-8-15-11-6-5-7-12(13(11)17(19)20)16-9-14(2,3)10-18/h5-7,15-16,18H,4,8-10H2,1-3H3. The van der Waals surface area contributed by atoms with Crippen LogP contribution in [0.4, 0.5) is 17.1 Å². The van der Waals surface area contributed by atoms with Crippen molar-refractivity contribution in [3.63, 3.8) is 0 Å². The summed E-state index contributed by atoms with van der Waals surface area (Å²) in [4.78, 5) is 10.9. The molecule has 20 heavy (non-hydrogen) atoms. The Labute approximate surface area is 119 Å². The fraction of sp³-hybridized carbons (Fsp3) is 0.571. The minimum Gasteiger partial charge on any atom is -0.396 e. The molecule has 3 N–H and O–H groups in total. The molecule has 0 spiro atoms. The quantitative estimate of drug-likeness (QED) is 0.504. The Kier molecular flexibility index (Phi) is 5.76. The third-order valence-electron chi connectivity index (χ3n) is 2.97. The Morgan fingerprint density at radius 3 is 2.40 bits per heavy atom. The lowest BCUT2D eigenvalue weighted by molar-refractivity contribution is -0.383. The van der Waals surface area contributed by atoms with Gasteiger partial charge in [0.05, 0.1) is 4.92 Å². The van der Waals surface area contributed by atoms with Crippen molar-refractivity contribution in [3.05, 3.63) is 28.3 Å². The van der Waals surface area contributed by atoms with Gasteiger partial charge in [-0.1, -0.05) is 26.8 Å². The van der Waals surface area contributed by atoms with E-state index >= 15 is 0 Å². The van der Waals surface area contributed by atoms with Crippen molar-refractivity contribution in [1.82, 2.24) is 0 Å². The van der Waals surface area contributed by atoms with Crippen LogP contribution in [-0.4, -0.2) is 29.7 Å². The van der Waals surface area contributed by atoms with E-state index in [4.69, 9.17) is 0 Å². The summed E-state index contributed by atoms with van der Waals surface area (Å²) < 4.78 is 0. The third kappa shape index (κ3) is 4.38. The van der Waals surface area contributed by atoms with Crippen LogP contribution in [-0.2, 0) is 0 Å². The molecule has 1 aromatic rings. The van der Waals surface area contributed by atoms with Gasteiger partial charge in [0.1, 0.15) is 11.4 Å². The molecule has 112 valence electrons. The van der Waals surface area contributed by atoms with Gasteiger partial charge >= 0.3 is 5.69 Å². The SMILES string of the molecule is CCCNc1cccc(NCC(C)(C)CO)c1[N+](=O)[O-]. The number of anilines is 2. The summed E-state index contributed by atoms with van der Waals surface area (Å²) in [6.07, 6.45) is 0.895. The number of nitrogens with zero attached hydrogens (tertiary/aromatic N) is 1. The van der Waals surface area contributed by atoms with Gasteiger partial charge < -0.3 is 15.7 Å². The van der Waals surface area contributed by atoms with Crippen LogP contribution in [0.15, 0.2) is 18.2 Å². The minimum atomic E-state index is -0.383. The van der Waals surface area contributed by atoms with Crippen LogP contribution in [0.1, 0.15) is 27.2 Å². The van der Waals surface area contributed by atoms with Crippen LogP contribution in [0.5, 0.6) is 0 Å². The number of aliphatic hydroxyl groups excluding tert-OH is 1. The lowest BCUT2D eigenvalue weighted by Crippen LogP contribution is -2.27. The van der Waals surface area contributed by atoms with Gasteiger partial charge in [-0.05, 0) is 18.6 Å². The summed E-state index contributed by atoms with van der Waals surface area (Å²) in [6, 6.07) is 5.16. The number of rotatable bonds is 8. The summed E-state index contributed by atoms with van der Waals surface area (Å²) in [7, 11) is 0. The molecule has 1 rings (SSSR count). The first-order valence-electron chi connectivity index (χ1n) is 6.77. The first kappa shape index (κ1) is 16.2. The van der Waals surface area contributed by atoms with E-state index in [1.54, 1.807) is 18.2 Å². The van der Waals surface area contributed by atoms with Gasteiger partial charge in [0.25, 0.3) is 0 Å². The predicted octanol–water partition coefficient (Wildman–Crippen LogP) is 2.85. The van der Waals surface area contributed by atoms with Crippen molar-refractivity contribution < 1.29 is 10.0 Å². The first-order chi connectivity index (χ1) is 9.41. The van der Waals surface area contributed by atoms with Crippen LogP contribution < -0.4 is 10.6 Å². The van der Waals surface area contributed by atoms with Gasteiger partial charge in [0.2, 0.25) is 0 Å². The zero-order chi connectivity index (χ0) is 15.2. The number of hydrogen-bond donors (Lipinski definition) is 3. The number of benzene rings is 1. The van der Waals surface area contributed by atoms with Crippen LogP contribution in [0.25, 0.3) is 0 Å².